The molecule has 1 fully saturated rings. The molecule has 2 N–H and O–H groups in total. The van der Waals surface area contributed by atoms with Gasteiger partial charge in [0, 0.05) is 6.61 Å². The predicted octanol–water partition coefficient (Wildman–Crippen LogP) is 0.802. The molecular weight excluding hydrogens is 224 g/mol. The summed E-state index contributed by atoms with van der Waals surface area (Å²) in [7, 11) is 0. The third-order valence-corrected chi connectivity index (χ3v) is 3.03. The van der Waals surface area contributed by atoms with E-state index in [0.717, 1.165) is 12.8 Å². The van der Waals surface area contributed by atoms with Crippen LogP contribution in [0.15, 0.2) is 4.79 Å². The van der Waals surface area contributed by atoms with Gasteiger partial charge in [-0.2, -0.15) is 0 Å². The van der Waals surface area contributed by atoms with E-state index < -0.39 is 17.1 Å². The summed E-state index contributed by atoms with van der Waals surface area (Å²) in [6, 6.07) is 0. The van der Waals surface area contributed by atoms with Gasteiger partial charge in [0.25, 0.3) is 5.56 Å². The molecule has 2 rings (SSSR count). The number of carboxylic acids is 1. The van der Waals surface area contributed by atoms with Gasteiger partial charge in [0.15, 0.2) is 0 Å². The first-order chi connectivity index (χ1) is 7.94. The summed E-state index contributed by atoms with van der Waals surface area (Å²) < 4.78 is 5.56. The van der Waals surface area contributed by atoms with Gasteiger partial charge in [-0.3, -0.25) is 4.79 Å². The number of rotatable bonds is 2. The van der Waals surface area contributed by atoms with Crippen LogP contribution < -0.4 is 5.56 Å². The lowest BCUT2D eigenvalue weighted by molar-refractivity contribution is 0.00887. The van der Waals surface area contributed by atoms with Crippen molar-refractivity contribution in [2.45, 2.75) is 32.3 Å². The van der Waals surface area contributed by atoms with Gasteiger partial charge in [0.1, 0.15) is 17.0 Å². The number of nitrogens with one attached hydrogen (secondary N) is 1. The van der Waals surface area contributed by atoms with Gasteiger partial charge < -0.3 is 14.8 Å². The van der Waals surface area contributed by atoms with Crippen LogP contribution in [0.2, 0.25) is 0 Å². The van der Waals surface area contributed by atoms with Crippen LogP contribution in [0.25, 0.3) is 0 Å². The van der Waals surface area contributed by atoms with Crippen molar-refractivity contribution in [3.63, 3.8) is 0 Å². The highest BCUT2D eigenvalue weighted by Gasteiger charge is 2.35. The molecule has 17 heavy (non-hydrogen) atoms. The van der Waals surface area contributed by atoms with Gasteiger partial charge in [0.2, 0.25) is 0 Å². The number of aromatic nitrogens is 2. The fourth-order valence-corrected chi connectivity index (χ4v) is 2.05. The van der Waals surface area contributed by atoms with E-state index in [2.05, 4.69) is 9.97 Å². The monoisotopic (exact) mass is 238 g/mol. The molecule has 1 aromatic rings. The van der Waals surface area contributed by atoms with E-state index in [-0.39, 0.29) is 11.3 Å². The molecule has 1 unspecified atom stereocenters. The van der Waals surface area contributed by atoms with E-state index in [1.807, 2.05) is 6.92 Å². The minimum Gasteiger partial charge on any atom is -0.477 e. The summed E-state index contributed by atoms with van der Waals surface area (Å²) in [5, 5.41) is 8.88. The van der Waals surface area contributed by atoms with Crippen molar-refractivity contribution in [3.05, 3.63) is 27.4 Å². The fourth-order valence-electron chi connectivity index (χ4n) is 2.05. The first-order valence-corrected chi connectivity index (χ1v) is 5.43. The van der Waals surface area contributed by atoms with Gasteiger partial charge in [-0.15, -0.1) is 0 Å². The second-order valence-corrected chi connectivity index (χ2v) is 4.36. The van der Waals surface area contributed by atoms with Crippen molar-refractivity contribution >= 4 is 5.97 Å². The van der Waals surface area contributed by atoms with Crippen molar-refractivity contribution in [2.75, 3.05) is 6.61 Å². The Bertz CT molecular complexity index is 515. The zero-order chi connectivity index (χ0) is 12.6. The van der Waals surface area contributed by atoms with Crippen LogP contribution >= 0.6 is 0 Å². The van der Waals surface area contributed by atoms with Crippen LogP contribution in [-0.4, -0.2) is 27.7 Å². The zero-order valence-corrected chi connectivity index (χ0v) is 9.74. The Balaban J connectivity index is 2.53. The molecule has 0 aliphatic carbocycles. The molecule has 92 valence electrons. The standard InChI is InChI=1S/C11H14N2O4/c1-6-7(9(15)16)8(14)13-10(12-6)11(2)4-3-5-17-11/h3-5H2,1-2H3,(H,15,16)(H,12,13,14). The first-order valence-electron chi connectivity index (χ1n) is 5.43. The minimum atomic E-state index is -1.26. The molecule has 0 radical (unpaired) electrons. The third-order valence-electron chi connectivity index (χ3n) is 3.03. The summed E-state index contributed by atoms with van der Waals surface area (Å²) in [4.78, 5) is 29.2. The van der Waals surface area contributed by atoms with Crippen molar-refractivity contribution in [3.8, 4) is 0 Å². The first kappa shape index (κ1) is 11.8. The van der Waals surface area contributed by atoms with Crippen molar-refractivity contribution < 1.29 is 14.6 Å². The Hall–Kier alpha value is -1.69. The largest absolute Gasteiger partial charge is 0.477 e. The number of hydrogen-bond acceptors (Lipinski definition) is 4. The molecule has 1 saturated heterocycles. The molecule has 1 aliphatic heterocycles. The van der Waals surface area contributed by atoms with Crippen LogP contribution in [0.5, 0.6) is 0 Å². The summed E-state index contributed by atoms with van der Waals surface area (Å²) in [6.45, 7) is 3.98. The van der Waals surface area contributed by atoms with E-state index in [0.29, 0.717) is 12.4 Å². The van der Waals surface area contributed by atoms with E-state index in [4.69, 9.17) is 9.84 Å². The SMILES string of the molecule is Cc1nc(C2(C)CCCO2)[nH]c(=O)c1C(=O)O. The zero-order valence-electron chi connectivity index (χ0n) is 9.74. The number of ether oxygens (including phenoxy) is 1. The summed E-state index contributed by atoms with van der Waals surface area (Å²) >= 11 is 0. The summed E-state index contributed by atoms with van der Waals surface area (Å²) in [5.41, 5.74) is -1.33. The van der Waals surface area contributed by atoms with E-state index in [9.17, 15) is 9.59 Å². The summed E-state index contributed by atoms with van der Waals surface area (Å²) in [6.07, 6.45) is 1.67. The maximum atomic E-state index is 11.7. The Labute approximate surface area is 97.7 Å². The number of nitrogens with zero attached hydrogens (tertiary/aromatic N) is 1. The third kappa shape index (κ3) is 1.95. The van der Waals surface area contributed by atoms with E-state index >= 15 is 0 Å². The number of aromatic amines is 1. The van der Waals surface area contributed by atoms with Crippen molar-refractivity contribution in [2.24, 2.45) is 0 Å². The molecule has 1 aliphatic rings. The van der Waals surface area contributed by atoms with Crippen molar-refractivity contribution in [1.29, 1.82) is 0 Å². The topological polar surface area (TPSA) is 92.3 Å². The second-order valence-electron chi connectivity index (χ2n) is 4.36. The highest BCUT2D eigenvalue weighted by atomic mass is 16.5. The number of aryl methyl sites for hydroxylation is 1. The lowest BCUT2D eigenvalue weighted by atomic mass is 10.0. The average Bonchev–Trinajstić information content (AvgIpc) is 2.64. The molecule has 6 heteroatoms. The van der Waals surface area contributed by atoms with Crippen molar-refractivity contribution in [1.82, 2.24) is 9.97 Å². The Kier molecular flexibility index (Phi) is 2.74. The Morgan fingerprint density at radius 1 is 1.59 bits per heavy atom. The molecule has 0 amide bonds. The predicted molar refractivity (Wildman–Crippen MR) is 59.1 cm³/mol. The van der Waals surface area contributed by atoms with Crippen LogP contribution in [0.3, 0.4) is 0 Å². The molecule has 6 nitrogen and oxygen atoms in total. The smallest absolute Gasteiger partial charge is 0.343 e. The highest BCUT2D eigenvalue weighted by molar-refractivity contribution is 5.88. The average molecular weight is 238 g/mol. The Morgan fingerprint density at radius 2 is 2.29 bits per heavy atom. The molecule has 1 atom stereocenters. The lowest BCUT2D eigenvalue weighted by Gasteiger charge is -2.22. The molecule has 0 aromatic carbocycles. The van der Waals surface area contributed by atoms with Crippen LogP contribution in [-0.2, 0) is 10.3 Å². The quantitative estimate of drug-likeness (QED) is 0.795. The van der Waals surface area contributed by atoms with Gasteiger partial charge >= 0.3 is 5.97 Å². The molecule has 1 aromatic heterocycles. The maximum absolute atomic E-state index is 11.7. The molecule has 0 saturated carbocycles. The summed E-state index contributed by atoms with van der Waals surface area (Å²) in [5.74, 6) is -0.859. The Morgan fingerprint density at radius 3 is 2.76 bits per heavy atom. The van der Waals surface area contributed by atoms with E-state index in [1.54, 1.807) is 0 Å². The number of H-pyrrole nitrogens is 1. The molecule has 2 heterocycles. The highest BCUT2D eigenvalue weighted by Crippen LogP contribution is 2.32. The van der Waals surface area contributed by atoms with Crippen LogP contribution in [0, 0.1) is 6.92 Å². The number of carbonyl (C=O) groups is 1. The minimum absolute atomic E-state index is 0.216. The van der Waals surface area contributed by atoms with Gasteiger partial charge in [-0.05, 0) is 26.7 Å². The number of carboxylic acid groups (broad SMARTS) is 1. The lowest BCUT2D eigenvalue weighted by Crippen LogP contribution is -2.30. The van der Waals surface area contributed by atoms with Gasteiger partial charge in [-0.25, -0.2) is 9.78 Å². The fraction of sp³-hybridized carbons (Fsp3) is 0.545. The molecule has 0 spiro atoms. The van der Waals surface area contributed by atoms with Gasteiger partial charge in [-0.1, -0.05) is 0 Å². The normalized spacial score (nSPS) is 23.9. The number of hydrogen-bond donors (Lipinski definition) is 2. The second kappa shape index (κ2) is 3.96. The van der Waals surface area contributed by atoms with Crippen LogP contribution in [0.4, 0.5) is 0 Å². The maximum Gasteiger partial charge on any atom is 0.343 e. The van der Waals surface area contributed by atoms with E-state index in [1.165, 1.54) is 6.92 Å². The van der Waals surface area contributed by atoms with Crippen LogP contribution in [0.1, 0.15) is 41.6 Å². The molecule has 0 bridgehead atoms. The van der Waals surface area contributed by atoms with Gasteiger partial charge in [0.05, 0.1) is 5.69 Å². The molecular formula is C11H14N2O4. The number of aromatic carboxylic acids is 1.